The number of fused-ring (bicyclic) bond motifs is 1. The maximum atomic E-state index is 12.0. The quantitative estimate of drug-likeness (QED) is 0.763. The Morgan fingerprint density at radius 2 is 2.18 bits per heavy atom. The molecule has 2 heterocycles. The third-order valence-corrected chi connectivity index (χ3v) is 4.24. The van der Waals surface area contributed by atoms with Crippen LogP contribution in [0.2, 0.25) is 0 Å². The second kappa shape index (κ2) is 6.29. The number of hydrogen-bond donors (Lipinski definition) is 1. The van der Waals surface area contributed by atoms with E-state index in [4.69, 9.17) is 4.74 Å². The molecule has 22 heavy (non-hydrogen) atoms. The van der Waals surface area contributed by atoms with Crippen LogP contribution in [0.3, 0.4) is 0 Å². The lowest BCUT2D eigenvalue weighted by atomic mass is 10.2. The topological polar surface area (TPSA) is 48.0 Å². The number of hydrogen-bond acceptors (Lipinski definition) is 4. The summed E-state index contributed by atoms with van der Waals surface area (Å²) in [5.74, 6) is 0.863. The third kappa shape index (κ3) is 3.18. The van der Waals surface area contributed by atoms with Gasteiger partial charge in [0.15, 0.2) is 4.96 Å². The summed E-state index contributed by atoms with van der Waals surface area (Å²) in [6.45, 7) is 1.56. The average molecular weight is 316 g/mol. The number of aromatic nitrogens is 2. The fourth-order valence-electron chi connectivity index (χ4n) is 2.48. The predicted molar refractivity (Wildman–Crippen MR) is 86.6 cm³/mol. The molecule has 1 atom stereocenters. The van der Waals surface area contributed by atoms with Gasteiger partial charge in [0.25, 0.3) is 5.56 Å². The molecule has 0 aliphatic carbocycles. The van der Waals surface area contributed by atoms with Crippen molar-refractivity contribution in [1.82, 2.24) is 9.38 Å². The molecule has 1 unspecified atom stereocenters. The average Bonchev–Trinajstić information content (AvgIpc) is 2.96. The minimum absolute atomic E-state index is 0.0181. The van der Waals surface area contributed by atoms with Crippen LogP contribution in [0.4, 0.5) is 0 Å². The SMILES string of the molecule is COc1cccc(C[NH+](C)Cc2cc(=O)n3ccsc3n2)c1. The molecule has 0 fully saturated rings. The molecule has 114 valence electrons. The zero-order valence-electron chi connectivity index (χ0n) is 12.6. The van der Waals surface area contributed by atoms with Crippen LogP contribution in [0.1, 0.15) is 11.3 Å². The van der Waals surface area contributed by atoms with Crippen LogP contribution in [0, 0.1) is 0 Å². The molecular formula is C16H18N3O2S+. The van der Waals surface area contributed by atoms with E-state index in [-0.39, 0.29) is 5.56 Å². The molecule has 0 radical (unpaired) electrons. The van der Waals surface area contributed by atoms with Crippen LogP contribution in [-0.4, -0.2) is 23.5 Å². The zero-order valence-corrected chi connectivity index (χ0v) is 13.4. The Hall–Kier alpha value is -2.18. The van der Waals surface area contributed by atoms with Crippen molar-refractivity contribution in [2.24, 2.45) is 0 Å². The Morgan fingerprint density at radius 3 is 3.00 bits per heavy atom. The summed E-state index contributed by atoms with van der Waals surface area (Å²) in [7, 11) is 3.76. The molecule has 0 saturated heterocycles. The molecule has 0 bridgehead atoms. The van der Waals surface area contributed by atoms with Crippen LogP contribution in [-0.2, 0) is 13.1 Å². The fraction of sp³-hybridized carbons (Fsp3) is 0.250. The highest BCUT2D eigenvalue weighted by Gasteiger charge is 2.10. The van der Waals surface area contributed by atoms with Gasteiger partial charge in [0.1, 0.15) is 24.5 Å². The van der Waals surface area contributed by atoms with E-state index in [9.17, 15) is 4.79 Å². The van der Waals surface area contributed by atoms with E-state index in [1.807, 2.05) is 23.6 Å². The molecule has 5 nitrogen and oxygen atoms in total. The van der Waals surface area contributed by atoms with Crippen LogP contribution in [0.25, 0.3) is 4.96 Å². The molecule has 1 aromatic carbocycles. The van der Waals surface area contributed by atoms with Crippen LogP contribution in [0.15, 0.2) is 46.7 Å². The number of ether oxygens (including phenoxy) is 1. The van der Waals surface area contributed by atoms with Crippen molar-refractivity contribution in [1.29, 1.82) is 0 Å². The van der Waals surface area contributed by atoms with E-state index in [0.29, 0.717) is 6.54 Å². The van der Waals surface area contributed by atoms with Crippen molar-refractivity contribution < 1.29 is 9.64 Å². The lowest BCUT2D eigenvalue weighted by molar-refractivity contribution is -0.908. The Kier molecular flexibility index (Phi) is 4.22. The summed E-state index contributed by atoms with van der Waals surface area (Å²) in [4.78, 5) is 18.5. The lowest BCUT2D eigenvalue weighted by Gasteiger charge is -2.14. The standard InChI is InChI=1S/C16H17N3O2S/c1-18(10-12-4-3-5-14(8-12)21-2)11-13-9-15(20)19-6-7-22-16(19)17-13/h3-9H,10-11H2,1-2H3/p+1. The van der Waals surface area contributed by atoms with Gasteiger partial charge >= 0.3 is 0 Å². The van der Waals surface area contributed by atoms with Gasteiger partial charge in [-0.05, 0) is 12.1 Å². The van der Waals surface area contributed by atoms with Crippen molar-refractivity contribution in [3.63, 3.8) is 0 Å². The first-order valence-electron chi connectivity index (χ1n) is 7.06. The molecule has 0 saturated carbocycles. The molecule has 0 aliphatic rings. The number of benzene rings is 1. The number of rotatable bonds is 5. The monoisotopic (exact) mass is 316 g/mol. The normalized spacial score (nSPS) is 12.5. The lowest BCUT2D eigenvalue weighted by Crippen LogP contribution is -3.06. The van der Waals surface area contributed by atoms with Crippen LogP contribution < -0.4 is 15.2 Å². The van der Waals surface area contributed by atoms with Gasteiger partial charge < -0.3 is 9.64 Å². The second-order valence-corrected chi connectivity index (χ2v) is 6.18. The molecule has 1 N–H and O–H groups in total. The first-order valence-corrected chi connectivity index (χ1v) is 7.93. The van der Waals surface area contributed by atoms with Crippen molar-refractivity contribution in [2.45, 2.75) is 13.1 Å². The Labute approximate surface area is 132 Å². The van der Waals surface area contributed by atoms with Gasteiger partial charge in [0, 0.05) is 23.2 Å². The Morgan fingerprint density at radius 1 is 1.32 bits per heavy atom. The van der Waals surface area contributed by atoms with E-state index in [1.54, 1.807) is 23.8 Å². The van der Waals surface area contributed by atoms with Crippen molar-refractivity contribution in [2.75, 3.05) is 14.2 Å². The first kappa shape index (κ1) is 14.7. The van der Waals surface area contributed by atoms with Crippen LogP contribution in [0.5, 0.6) is 5.75 Å². The summed E-state index contributed by atoms with van der Waals surface area (Å²) in [5, 5.41) is 1.88. The largest absolute Gasteiger partial charge is 0.497 e. The number of nitrogens with zero attached hydrogens (tertiary/aromatic N) is 2. The van der Waals surface area contributed by atoms with Gasteiger partial charge in [0.05, 0.1) is 14.2 Å². The van der Waals surface area contributed by atoms with Crippen molar-refractivity contribution in [3.05, 3.63) is 63.5 Å². The molecular weight excluding hydrogens is 298 g/mol. The molecule has 0 amide bonds. The molecule has 6 heteroatoms. The highest BCUT2D eigenvalue weighted by molar-refractivity contribution is 7.15. The van der Waals surface area contributed by atoms with Gasteiger partial charge in [-0.1, -0.05) is 12.1 Å². The van der Waals surface area contributed by atoms with Gasteiger partial charge in [0.2, 0.25) is 0 Å². The maximum absolute atomic E-state index is 12.0. The Balaban J connectivity index is 1.74. The maximum Gasteiger partial charge on any atom is 0.258 e. The Bertz CT molecular complexity index is 841. The highest BCUT2D eigenvalue weighted by Crippen LogP contribution is 2.11. The van der Waals surface area contributed by atoms with Crippen LogP contribution >= 0.6 is 11.3 Å². The van der Waals surface area contributed by atoms with Gasteiger partial charge in [-0.3, -0.25) is 9.20 Å². The summed E-state index contributed by atoms with van der Waals surface area (Å²) >= 11 is 1.48. The van der Waals surface area contributed by atoms with Gasteiger partial charge in [-0.2, -0.15) is 0 Å². The van der Waals surface area contributed by atoms with E-state index in [2.05, 4.69) is 18.1 Å². The van der Waals surface area contributed by atoms with E-state index in [0.717, 1.165) is 22.9 Å². The smallest absolute Gasteiger partial charge is 0.258 e. The third-order valence-electron chi connectivity index (χ3n) is 3.48. The van der Waals surface area contributed by atoms with Crippen molar-refractivity contribution >= 4 is 16.3 Å². The summed E-state index contributed by atoms with van der Waals surface area (Å²) in [6, 6.07) is 9.66. The van der Waals surface area contributed by atoms with Gasteiger partial charge in [-0.15, -0.1) is 11.3 Å². The molecule has 0 spiro atoms. The summed E-state index contributed by atoms with van der Waals surface area (Å²) < 4.78 is 6.82. The second-order valence-electron chi connectivity index (χ2n) is 5.30. The first-order chi connectivity index (χ1) is 10.7. The number of quaternary nitrogens is 1. The van der Waals surface area contributed by atoms with E-state index in [1.165, 1.54) is 21.8 Å². The number of methoxy groups -OCH3 is 1. The molecule has 0 aliphatic heterocycles. The van der Waals surface area contributed by atoms with E-state index >= 15 is 0 Å². The minimum Gasteiger partial charge on any atom is -0.497 e. The molecule has 2 aromatic heterocycles. The predicted octanol–water partition coefficient (Wildman–Crippen LogP) is 0.979. The minimum atomic E-state index is -0.0181. The fourth-order valence-corrected chi connectivity index (χ4v) is 3.22. The summed E-state index contributed by atoms with van der Waals surface area (Å²) in [6.07, 6.45) is 1.76. The molecule has 3 aromatic rings. The van der Waals surface area contributed by atoms with Crippen molar-refractivity contribution in [3.8, 4) is 5.75 Å². The van der Waals surface area contributed by atoms with E-state index < -0.39 is 0 Å². The molecule has 3 rings (SSSR count). The zero-order chi connectivity index (χ0) is 15.5. The number of nitrogens with one attached hydrogen (secondary N) is 1. The number of thiazole rings is 1. The van der Waals surface area contributed by atoms with Gasteiger partial charge in [-0.25, -0.2) is 4.98 Å². The highest BCUT2D eigenvalue weighted by atomic mass is 32.1. The summed E-state index contributed by atoms with van der Waals surface area (Å²) in [5.41, 5.74) is 2.01.